The number of thiazole rings is 1. The number of hydrogen-bond acceptors (Lipinski definition) is 6. The van der Waals surface area contributed by atoms with Crippen LogP contribution in [-0.2, 0) is 24.2 Å². The van der Waals surface area contributed by atoms with Crippen molar-refractivity contribution in [2.24, 2.45) is 5.41 Å². The fourth-order valence-electron chi connectivity index (χ4n) is 4.13. The molecule has 8 nitrogen and oxygen atoms in total. The van der Waals surface area contributed by atoms with Gasteiger partial charge < -0.3 is 15.4 Å². The average Bonchev–Trinajstić information content (AvgIpc) is 3.53. The minimum Gasteiger partial charge on any atom is -0.487 e. The number of aromatic nitrogens is 1. The first-order chi connectivity index (χ1) is 20.6. The molecule has 1 aliphatic carbocycles. The Balaban J connectivity index is 1.55. The molecule has 0 bridgehead atoms. The minimum absolute atomic E-state index is 0.0453. The Kier molecular flexibility index (Phi) is 10.1. The zero-order valence-electron chi connectivity index (χ0n) is 23.1. The van der Waals surface area contributed by atoms with Crippen LogP contribution in [0.3, 0.4) is 0 Å². The molecule has 0 fully saturated rings. The van der Waals surface area contributed by atoms with Gasteiger partial charge in [-0.05, 0) is 62.9 Å². The maximum Gasteiger partial charge on any atom is 0.402 e. The van der Waals surface area contributed by atoms with Gasteiger partial charge >= 0.3 is 6.18 Å². The van der Waals surface area contributed by atoms with Crippen LogP contribution in [-0.4, -0.2) is 41.9 Å². The number of amides is 3. The van der Waals surface area contributed by atoms with Crippen molar-refractivity contribution in [3.05, 3.63) is 67.6 Å². The number of anilines is 2. The van der Waals surface area contributed by atoms with E-state index in [1.54, 1.807) is 0 Å². The van der Waals surface area contributed by atoms with Crippen LogP contribution in [0.4, 0.5) is 32.8 Å². The molecule has 0 atom stereocenters. The highest BCUT2D eigenvalue weighted by molar-refractivity contribution is 7.16. The Bertz CT molecular complexity index is 1580. The number of nitrogens with zero attached hydrogens (tertiary/aromatic N) is 1. The summed E-state index contributed by atoms with van der Waals surface area (Å²) in [6.45, 7) is 0.0414. The highest BCUT2D eigenvalue weighted by Crippen LogP contribution is 2.38. The number of carbonyl (C=O) groups is 3. The monoisotopic (exact) mass is 678 g/mol. The van der Waals surface area contributed by atoms with Crippen LogP contribution in [0.5, 0.6) is 5.75 Å². The molecule has 1 aromatic heterocycles. The van der Waals surface area contributed by atoms with Gasteiger partial charge in [-0.25, -0.2) is 13.8 Å². The number of nitrogens with one attached hydrogen (secondary N) is 3. The molecule has 3 amide bonds. The normalized spacial score (nSPS) is 13.0. The van der Waals surface area contributed by atoms with E-state index in [1.165, 1.54) is 41.7 Å². The van der Waals surface area contributed by atoms with E-state index in [1.807, 2.05) is 0 Å². The van der Waals surface area contributed by atoms with E-state index in [9.17, 15) is 36.3 Å². The van der Waals surface area contributed by atoms with E-state index in [0.29, 0.717) is 5.13 Å². The van der Waals surface area contributed by atoms with Crippen LogP contribution >= 0.6 is 34.5 Å². The molecule has 2 aromatic carbocycles. The van der Waals surface area contributed by atoms with E-state index >= 15 is 0 Å². The summed E-state index contributed by atoms with van der Waals surface area (Å²) in [7, 11) is 0. The molecule has 0 saturated heterocycles. The molecule has 0 unspecified atom stereocenters. The average molecular weight is 679 g/mol. The number of carbonyl (C=O) groups excluding carboxylic acids is 3. The number of halogens is 7. The molecule has 0 radical (unpaired) electrons. The van der Waals surface area contributed by atoms with Crippen molar-refractivity contribution < 1.29 is 41.1 Å². The standard InChI is InChI=1S/C28H25Cl2F5N4O4S/c1-27(2,28(33,34)35)25(42)36-11-13-6-8-16(29)21(22(13)30)24(41)37-14-7-9-18(43-12-20(31)32)15(10-14)23(40)39-26-38-17-4-3-5-19(17)44-26/h6-10,20H,3-5,11-12H2,1-2H3,(H,36,42)(H,37,41)(H,38,39,40). The summed E-state index contributed by atoms with van der Waals surface area (Å²) in [5.74, 6) is -3.04. The van der Waals surface area contributed by atoms with E-state index < -0.39 is 48.9 Å². The number of fused-ring (bicyclic) bond motifs is 1. The topological polar surface area (TPSA) is 109 Å². The van der Waals surface area contributed by atoms with Gasteiger partial charge in [0.15, 0.2) is 5.13 Å². The lowest BCUT2D eigenvalue weighted by Crippen LogP contribution is -2.46. The lowest BCUT2D eigenvalue weighted by Gasteiger charge is -2.26. The Labute approximate surface area is 262 Å². The quantitative estimate of drug-likeness (QED) is 0.195. The van der Waals surface area contributed by atoms with Crippen molar-refractivity contribution in [1.29, 1.82) is 0 Å². The van der Waals surface area contributed by atoms with Crippen molar-refractivity contribution in [2.45, 2.75) is 52.3 Å². The lowest BCUT2D eigenvalue weighted by atomic mass is 9.91. The summed E-state index contributed by atoms with van der Waals surface area (Å²) >= 11 is 13.9. The van der Waals surface area contributed by atoms with Crippen LogP contribution in [0.2, 0.25) is 10.0 Å². The summed E-state index contributed by atoms with van der Waals surface area (Å²) in [5, 5.41) is 7.31. The number of ether oxygens (including phenoxy) is 1. The number of benzene rings is 2. The number of rotatable bonds is 10. The molecular formula is C28H25Cl2F5N4O4S. The molecular weight excluding hydrogens is 654 g/mol. The van der Waals surface area contributed by atoms with Crippen LogP contribution in [0.1, 0.15) is 57.1 Å². The fourth-order valence-corrected chi connectivity index (χ4v) is 5.79. The van der Waals surface area contributed by atoms with Crippen LogP contribution in [0, 0.1) is 5.41 Å². The van der Waals surface area contributed by atoms with E-state index in [4.69, 9.17) is 27.9 Å². The van der Waals surface area contributed by atoms with E-state index in [-0.39, 0.29) is 38.2 Å². The molecule has 1 aliphatic rings. The lowest BCUT2D eigenvalue weighted by molar-refractivity contribution is -0.211. The van der Waals surface area contributed by atoms with Crippen molar-refractivity contribution >= 4 is 63.1 Å². The molecule has 0 aliphatic heterocycles. The van der Waals surface area contributed by atoms with E-state index in [2.05, 4.69) is 20.9 Å². The van der Waals surface area contributed by atoms with Gasteiger partial charge in [0.05, 0.1) is 26.9 Å². The molecule has 44 heavy (non-hydrogen) atoms. The zero-order valence-corrected chi connectivity index (χ0v) is 25.5. The first kappa shape index (κ1) is 33.4. The summed E-state index contributed by atoms with van der Waals surface area (Å²) < 4.78 is 70.5. The second-order valence-corrected chi connectivity index (χ2v) is 12.1. The molecule has 3 N–H and O–H groups in total. The van der Waals surface area contributed by atoms with Crippen molar-refractivity contribution in [3.63, 3.8) is 0 Å². The zero-order chi connectivity index (χ0) is 32.4. The second-order valence-electron chi connectivity index (χ2n) is 10.3. The Morgan fingerprint density at radius 3 is 2.43 bits per heavy atom. The number of alkyl halides is 5. The maximum atomic E-state index is 13.2. The smallest absolute Gasteiger partial charge is 0.402 e. The van der Waals surface area contributed by atoms with Crippen molar-refractivity contribution in [1.82, 2.24) is 10.3 Å². The molecule has 0 saturated carbocycles. The van der Waals surface area contributed by atoms with Crippen LogP contribution < -0.4 is 20.7 Å². The van der Waals surface area contributed by atoms with Gasteiger partial charge in [-0.15, -0.1) is 11.3 Å². The Hall–Kier alpha value is -3.49. The minimum atomic E-state index is -4.80. The summed E-state index contributed by atoms with van der Waals surface area (Å²) in [4.78, 5) is 44.0. The van der Waals surface area contributed by atoms with Crippen LogP contribution in [0.25, 0.3) is 0 Å². The highest BCUT2D eigenvalue weighted by atomic mass is 35.5. The molecule has 0 spiro atoms. The van der Waals surface area contributed by atoms with Gasteiger partial charge in [0.25, 0.3) is 18.2 Å². The van der Waals surface area contributed by atoms with Gasteiger partial charge in [0.1, 0.15) is 17.8 Å². The SMILES string of the molecule is CC(C)(C(=O)NCc1ccc(Cl)c(C(=O)Nc2ccc(OCC(F)F)c(C(=O)Nc3nc4c(s3)CCC4)c2)c1Cl)C(F)(F)F. The van der Waals surface area contributed by atoms with Gasteiger partial charge in [0.2, 0.25) is 5.91 Å². The summed E-state index contributed by atoms with van der Waals surface area (Å²) in [6, 6.07) is 6.37. The second kappa shape index (κ2) is 13.2. The molecule has 236 valence electrons. The third-order valence-electron chi connectivity index (χ3n) is 6.78. The molecule has 1 heterocycles. The third-order valence-corrected chi connectivity index (χ3v) is 8.60. The largest absolute Gasteiger partial charge is 0.487 e. The maximum absolute atomic E-state index is 13.2. The fraction of sp³-hybridized carbons (Fsp3) is 0.357. The van der Waals surface area contributed by atoms with Crippen molar-refractivity contribution in [3.8, 4) is 5.75 Å². The summed E-state index contributed by atoms with van der Waals surface area (Å²) in [5.41, 5.74) is -2.06. The van der Waals surface area contributed by atoms with Gasteiger partial charge in [-0.3, -0.25) is 19.7 Å². The van der Waals surface area contributed by atoms with Crippen LogP contribution in [0.15, 0.2) is 30.3 Å². The van der Waals surface area contributed by atoms with Crippen molar-refractivity contribution in [2.75, 3.05) is 17.2 Å². The first-order valence-electron chi connectivity index (χ1n) is 13.1. The van der Waals surface area contributed by atoms with E-state index in [0.717, 1.165) is 43.7 Å². The van der Waals surface area contributed by atoms with Gasteiger partial charge in [-0.2, -0.15) is 13.2 Å². The first-order valence-corrected chi connectivity index (χ1v) is 14.6. The molecule has 4 rings (SSSR count). The summed E-state index contributed by atoms with van der Waals surface area (Å²) in [6.07, 6.45) is -5.01. The van der Waals surface area contributed by atoms with Gasteiger partial charge in [-0.1, -0.05) is 29.3 Å². The third kappa shape index (κ3) is 7.41. The number of hydrogen-bond donors (Lipinski definition) is 3. The predicted octanol–water partition coefficient (Wildman–Crippen LogP) is 7.29. The van der Waals surface area contributed by atoms with Gasteiger partial charge in [0, 0.05) is 17.1 Å². The predicted molar refractivity (Wildman–Crippen MR) is 156 cm³/mol. The molecule has 16 heteroatoms. The Morgan fingerprint density at radius 1 is 1.05 bits per heavy atom. The Morgan fingerprint density at radius 2 is 1.77 bits per heavy atom. The molecule has 3 aromatic rings. The highest BCUT2D eigenvalue weighted by Gasteiger charge is 2.52. The number of aryl methyl sites for hydroxylation is 2.